The van der Waals surface area contributed by atoms with Crippen LogP contribution in [0.25, 0.3) is 0 Å². The third-order valence-corrected chi connectivity index (χ3v) is 3.04. The van der Waals surface area contributed by atoms with Gasteiger partial charge in [-0.25, -0.2) is 4.39 Å². The highest BCUT2D eigenvalue weighted by Crippen LogP contribution is 2.26. The summed E-state index contributed by atoms with van der Waals surface area (Å²) in [6.45, 7) is 2.37. The Kier molecular flexibility index (Phi) is 4.53. The summed E-state index contributed by atoms with van der Waals surface area (Å²) in [5, 5.41) is 0. The lowest BCUT2D eigenvalue weighted by atomic mass is 10.0. The van der Waals surface area contributed by atoms with Crippen LogP contribution in [-0.4, -0.2) is 0 Å². The van der Waals surface area contributed by atoms with Crippen molar-refractivity contribution in [1.82, 2.24) is 0 Å². The van der Waals surface area contributed by atoms with E-state index in [0.29, 0.717) is 6.61 Å². The van der Waals surface area contributed by atoms with Crippen LogP contribution in [0.2, 0.25) is 0 Å². The maximum Gasteiger partial charge on any atom is 0.124 e. The average molecular weight is 259 g/mol. The molecule has 2 rings (SSSR count). The largest absolute Gasteiger partial charge is 0.489 e. The molecular formula is C16H18FNO. The van der Waals surface area contributed by atoms with Crippen LogP contribution in [0.3, 0.4) is 0 Å². The van der Waals surface area contributed by atoms with Crippen molar-refractivity contribution in [1.29, 1.82) is 0 Å². The second-order valence-electron chi connectivity index (χ2n) is 4.47. The van der Waals surface area contributed by atoms with Gasteiger partial charge in [0.15, 0.2) is 0 Å². The molecule has 0 radical (unpaired) electrons. The SMILES string of the molecule is CC[C@H](N)c1ccccc1OCc1cccc(F)c1. The van der Waals surface area contributed by atoms with Crippen LogP contribution < -0.4 is 10.5 Å². The molecule has 0 unspecified atom stereocenters. The fourth-order valence-electron chi connectivity index (χ4n) is 1.93. The van der Waals surface area contributed by atoms with Crippen LogP contribution >= 0.6 is 0 Å². The van der Waals surface area contributed by atoms with Crippen LogP contribution in [0, 0.1) is 5.82 Å². The predicted octanol–water partition coefficient (Wildman–Crippen LogP) is 3.81. The third-order valence-electron chi connectivity index (χ3n) is 3.04. The zero-order chi connectivity index (χ0) is 13.7. The average Bonchev–Trinajstić information content (AvgIpc) is 2.45. The number of hydrogen-bond acceptors (Lipinski definition) is 2. The predicted molar refractivity (Wildman–Crippen MR) is 74.4 cm³/mol. The molecule has 1 atom stereocenters. The molecule has 0 aromatic heterocycles. The zero-order valence-corrected chi connectivity index (χ0v) is 11.0. The molecule has 3 heteroatoms. The minimum atomic E-state index is -0.250. The van der Waals surface area contributed by atoms with Gasteiger partial charge in [-0.05, 0) is 30.2 Å². The second-order valence-corrected chi connectivity index (χ2v) is 4.47. The summed E-state index contributed by atoms with van der Waals surface area (Å²) in [4.78, 5) is 0. The first-order valence-electron chi connectivity index (χ1n) is 6.42. The summed E-state index contributed by atoms with van der Waals surface area (Å²) in [6.07, 6.45) is 0.848. The third kappa shape index (κ3) is 3.55. The molecule has 0 heterocycles. The lowest BCUT2D eigenvalue weighted by Gasteiger charge is -2.15. The molecule has 2 N–H and O–H groups in total. The molecule has 0 aliphatic carbocycles. The van der Waals surface area contributed by atoms with Crippen molar-refractivity contribution in [2.45, 2.75) is 26.0 Å². The quantitative estimate of drug-likeness (QED) is 0.886. The van der Waals surface area contributed by atoms with Crippen molar-refractivity contribution in [3.8, 4) is 5.75 Å². The van der Waals surface area contributed by atoms with E-state index in [1.165, 1.54) is 12.1 Å². The van der Waals surface area contributed by atoms with Crippen LogP contribution in [-0.2, 0) is 6.61 Å². The highest BCUT2D eigenvalue weighted by molar-refractivity contribution is 5.36. The van der Waals surface area contributed by atoms with E-state index in [2.05, 4.69) is 0 Å². The fraction of sp³-hybridized carbons (Fsp3) is 0.250. The van der Waals surface area contributed by atoms with E-state index in [1.54, 1.807) is 6.07 Å². The monoisotopic (exact) mass is 259 g/mol. The molecule has 0 aliphatic heterocycles. The van der Waals surface area contributed by atoms with Gasteiger partial charge in [0.05, 0.1) is 0 Å². The summed E-state index contributed by atoms with van der Waals surface area (Å²) in [5.74, 6) is 0.515. The Balaban J connectivity index is 2.11. The minimum absolute atomic E-state index is 0.0382. The Bertz CT molecular complexity index is 542. The molecule has 2 aromatic carbocycles. The van der Waals surface area contributed by atoms with Crippen LogP contribution in [0.5, 0.6) is 5.75 Å². The highest BCUT2D eigenvalue weighted by Gasteiger charge is 2.09. The first-order chi connectivity index (χ1) is 9.20. The molecule has 0 saturated carbocycles. The Morgan fingerprint density at radius 1 is 1.16 bits per heavy atom. The fourth-order valence-corrected chi connectivity index (χ4v) is 1.93. The molecular weight excluding hydrogens is 241 g/mol. The summed E-state index contributed by atoms with van der Waals surface area (Å²) in [7, 11) is 0. The number of halogens is 1. The van der Waals surface area contributed by atoms with Crippen molar-refractivity contribution in [3.05, 3.63) is 65.5 Å². The van der Waals surface area contributed by atoms with Crippen LogP contribution in [0.15, 0.2) is 48.5 Å². The van der Waals surface area contributed by atoms with Gasteiger partial charge >= 0.3 is 0 Å². The Morgan fingerprint density at radius 2 is 1.95 bits per heavy atom. The van der Waals surface area contributed by atoms with E-state index >= 15 is 0 Å². The van der Waals surface area contributed by atoms with Crippen molar-refractivity contribution < 1.29 is 9.13 Å². The molecule has 2 aromatic rings. The summed E-state index contributed by atoms with van der Waals surface area (Å²) in [5.41, 5.74) is 7.84. The number of ether oxygens (including phenoxy) is 1. The van der Waals surface area contributed by atoms with Crippen LogP contribution in [0.1, 0.15) is 30.5 Å². The van der Waals surface area contributed by atoms with E-state index in [9.17, 15) is 4.39 Å². The molecule has 0 saturated heterocycles. The van der Waals surface area contributed by atoms with E-state index in [1.807, 2.05) is 37.3 Å². The van der Waals surface area contributed by atoms with Gasteiger partial charge in [0.25, 0.3) is 0 Å². The maximum absolute atomic E-state index is 13.1. The van der Waals surface area contributed by atoms with Crippen molar-refractivity contribution in [2.24, 2.45) is 5.73 Å². The van der Waals surface area contributed by atoms with Gasteiger partial charge in [0.1, 0.15) is 18.2 Å². The lowest BCUT2D eigenvalue weighted by Crippen LogP contribution is -2.10. The summed E-state index contributed by atoms with van der Waals surface area (Å²) in [6, 6.07) is 14.1. The van der Waals surface area contributed by atoms with Gasteiger partial charge in [0.2, 0.25) is 0 Å². The Labute approximate surface area is 113 Å². The summed E-state index contributed by atoms with van der Waals surface area (Å²) >= 11 is 0. The van der Waals surface area contributed by atoms with Gasteiger partial charge < -0.3 is 10.5 Å². The second kappa shape index (κ2) is 6.34. The number of para-hydroxylation sites is 1. The van der Waals surface area contributed by atoms with Crippen molar-refractivity contribution in [2.75, 3.05) is 0 Å². The minimum Gasteiger partial charge on any atom is -0.489 e. The molecule has 19 heavy (non-hydrogen) atoms. The number of hydrogen-bond donors (Lipinski definition) is 1. The van der Waals surface area contributed by atoms with Gasteiger partial charge in [-0.15, -0.1) is 0 Å². The molecule has 0 aliphatic rings. The Hall–Kier alpha value is -1.87. The topological polar surface area (TPSA) is 35.2 Å². The first kappa shape index (κ1) is 13.6. The molecule has 0 bridgehead atoms. The zero-order valence-electron chi connectivity index (χ0n) is 11.0. The molecule has 2 nitrogen and oxygen atoms in total. The molecule has 100 valence electrons. The molecule has 0 fully saturated rings. The van der Waals surface area contributed by atoms with Gasteiger partial charge in [0, 0.05) is 11.6 Å². The first-order valence-corrected chi connectivity index (χ1v) is 6.42. The number of benzene rings is 2. The van der Waals surface area contributed by atoms with E-state index in [0.717, 1.165) is 23.3 Å². The molecule has 0 amide bonds. The van der Waals surface area contributed by atoms with E-state index in [-0.39, 0.29) is 11.9 Å². The summed E-state index contributed by atoms with van der Waals surface area (Å²) < 4.78 is 18.8. The smallest absolute Gasteiger partial charge is 0.124 e. The van der Waals surface area contributed by atoms with Crippen molar-refractivity contribution in [3.63, 3.8) is 0 Å². The lowest BCUT2D eigenvalue weighted by molar-refractivity contribution is 0.300. The van der Waals surface area contributed by atoms with E-state index < -0.39 is 0 Å². The van der Waals surface area contributed by atoms with Crippen LogP contribution in [0.4, 0.5) is 4.39 Å². The normalized spacial score (nSPS) is 12.2. The van der Waals surface area contributed by atoms with E-state index in [4.69, 9.17) is 10.5 Å². The number of nitrogens with two attached hydrogens (primary N) is 1. The highest BCUT2D eigenvalue weighted by atomic mass is 19.1. The van der Waals surface area contributed by atoms with Gasteiger partial charge in [-0.3, -0.25) is 0 Å². The molecule has 0 spiro atoms. The van der Waals surface area contributed by atoms with Gasteiger partial charge in [-0.2, -0.15) is 0 Å². The Morgan fingerprint density at radius 3 is 2.68 bits per heavy atom. The van der Waals surface area contributed by atoms with Gasteiger partial charge in [-0.1, -0.05) is 37.3 Å². The number of rotatable bonds is 5. The standard InChI is InChI=1S/C16H18FNO/c1-2-15(18)14-8-3-4-9-16(14)19-11-12-6-5-7-13(17)10-12/h3-10,15H,2,11,18H2,1H3/t15-/m0/s1. The maximum atomic E-state index is 13.1. The van der Waals surface area contributed by atoms with Crippen molar-refractivity contribution >= 4 is 0 Å².